The van der Waals surface area contributed by atoms with Gasteiger partial charge in [-0.3, -0.25) is 0 Å². The van der Waals surface area contributed by atoms with Crippen LogP contribution in [0.15, 0.2) is 48.1 Å². The second-order valence-corrected chi connectivity index (χ2v) is 11.2. The molecule has 3 heteroatoms. The van der Waals surface area contributed by atoms with Gasteiger partial charge in [0.1, 0.15) is 0 Å². The Balaban J connectivity index is 1.39. The SMILES string of the molecule is CCCCN(CCCC)CCCCCC1=C[C@H]2C[C@@H](O)[C@H](C=C[C@@H](O)Cc3cccc(C)c3)[C@H]2C1. The van der Waals surface area contributed by atoms with Crippen molar-refractivity contribution < 1.29 is 10.2 Å². The lowest BCUT2D eigenvalue weighted by Crippen LogP contribution is -2.27. The molecule has 0 saturated heterocycles. The first-order chi connectivity index (χ1) is 17.0. The van der Waals surface area contributed by atoms with E-state index in [4.69, 9.17) is 0 Å². The zero-order valence-electron chi connectivity index (χ0n) is 22.7. The fourth-order valence-corrected chi connectivity index (χ4v) is 6.16. The molecule has 1 aromatic rings. The third kappa shape index (κ3) is 9.19. The van der Waals surface area contributed by atoms with Crippen molar-refractivity contribution in [1.82, 2.24) is 4.90 Å². The molecule has 0 aromatic heterocycles. The molecular weight excluding hydrogens is 430 g/mol. The minimum atomic E-state index is -0.494. The van der Waals surface area contributed by atoms with Gasteiger partial charge in [-0.15, -0.1) is 0 Å². The third-order valence-electron chi connectivity index (χ3n) is 8.16. The minimum absolute atomic E-state index is 0.173. The molecule has 1 fully saturated rings. The van der Waals surface area contributed by atoms with Crippen molar-refractivity contribution >= 4 is 0 Å². The smallest absolute Gasteiger partial charge is 0.0761 e. The van der Waals surface area contributed by atoms with E-state index >= 15 is 0 Å². The maximum absolute atomic E-state index is 10.7. The highest BCUT2D eigenvalue weighted by molar-refractivity contribution is 5.24. The van der Waals surface area contributed by atoms with Crippen LogP contribution in [0, 0.1) is 24.7 Å². The summed E-state index contributed by atoms with van der Waals surface area (Å²) in [5.74, 6) is 1.20. The molecule has 3 rings (SSSR count). The lowest BCUT2D eigenvalue weighted by atomic mass is 9.88. The molecule has 0 bridgehead atoms. The Morgan fingerprint density at radius 3 is 2.49 bits per heavy atom. The predicted molar refractivity (Wildman–Crippen MR) is 149 cm³/mol. The average molecular weight is 482 g/mol. The Kier molecular flexibility index (Phi) is 12.0. The van der Waals surface area contributed by atoms with E-state index in [1.165, 1.54) is 76.6 Å². The number of hydrogen-bond donors (Lipinski definition) is 2. The quantitative estimate of drug-likeness (QED) is 0.200. The van der Waals surface area contributed by atoms with Gasteiger partial charge in [-0.25, -0.2) is 0 Å². The van der Waals surface area contributed by atoms with Crippen LogP contribution in [0.25, 0.3) is 0 Å². The monoisotopic (exact) mass is 481 g/mol. The number of benzene rings is 1. The second kappa shape index (κ2) is 15.0. The summed E-state index contributed by atoms with van der Waals surface area (Å²) in [5, 5.41) is 21.2. The summed E-state index contributed by atoms with van der Waals surface area (Å²) in [6, 6.07) is 8.35. The van der Waals surface area contributed by atoms with Crippen LogP contribution in [0.4, 0.5) is 0 Å². The maximum atomic E-state index is 10.7. The largest absolute Gasteiger partial charge is 0.392 e. The number of rotatable bonds is 16. The Labute approximate surface area is 215 Å². The average Bonchev–Trinajstić information content (AvgIpc) is 3.34. The van der Waals surface area contributed by atoms with Crippen molar-refractivity contribution in [2.24, 2.45) is 17.8 Å². The van der Waals surface area contributed by atoms with E-state index in [1.54, 1.807) is 5.57 Å². The Hall–Kier alpha value is -1.42. The molecule has 3 nitrogen and oxygen atoms in total. The van der Waals surface area contributed by atoms with Gasteiger partial charge in [-0.1, -0.05) is 86.7 Å². The van der Waals surface area contributed by atoms with E-state index < -0.39 is 6.10 Å². The molecule has 2 aliphatic carbocycles. The highest BCUT2D eigenvalue weighted by Gasteiger charge is 2.43. The van der Waals surface area contributed by atoms with Crippen molar-refractivity contribution in [1.29, 1.82) is 0 Å². The van der Waals surface area contributed by atoms with Crippen molar-refractivity contribution in [3.05, 3.63) is 59.2 Å². The van der Waals surface area contributed by atoms with Crippen molar-refractivity contribution in [2.45, 2.75) is 104 Å². The molecule has 0 radical (unpaired) electrons. The first-order valence-corrected chi connectivity index (χ1v) is 14.5. The Morgan fingerprint density at radius 2 is 1.77 bits per heavy atom. The fraction of sp³-hybridized carbons (Fsp3) is 0.688. The van der Waals surface area contributed by atoms with Gasteiger partial charge in [0.25, 0.3) is 0 Å². The van der Waals surface area contributed by atoms with Crippen molar-refractivity contribution in [3.8, 4) is 0 Å². The number of allylic oxidation sites excluding steroid dienone is 2. The number of fused-ring (bicyclic) bond motifs is 1. The van der Waals surface area contributed by atoms with Crippen molar-refractivity contribution in [3.63, 3.8) is 0 Å². The van der Waals surface area contributed by atoms with Crippen LogP contribution < -0.4 is 0 Å². The molecule has 0 amide bonds. The van der Waals surface area contributed by atoms with Gasteiger partial charge in [-0.2, -0.15) is 0 Å². The maximum Gasteiger partial charge on any atom is 0.0761 e. The first-order valence-electron chi connectivity index (χ1n) is 14.5. The number of nitrogens with zero attached hydrogens (tertiary/aromatic N) is 1. The summed E-state index contributed by atoms with van der Waals surface area (Å²) >= 11 is 0. The highest BCUT2D eigenvalue weighted by atomic mass is 16.3. The summed E-state index contributed by atoms with van der Waals surface area (Å²) in [4.78, 5) is 2.68. The molecule has 2 N–H and O–H groups in total. The van der Waals surface area contributed by atoms with Gasteiger partial charge >= 0.3 is 0 Å². The summed E-state index contributed by atoms with van der Waals surface area (Å²) in [6.07, 6.45) is 18.8. The Bertz CT molecular complexity index is 793. The van der Waals surface area contributed by atoms with Gasteiger partial charge in [0.2, 0.25) is 0 Å². The molecule has 0 unspecified atom stereocenters. The molecule has 0 heterocycles. The number of unbranched alkanes of at least 4 members (excludes halogenated alkanes) is 4. The Morgan fingerprint density at radius 1 is 1.03 bits per heavy atom. The molecule has 0 aliphatic heterocycles. The third-order valence-corrected chi connectivity index (χ3v) is 8.16. The molecule has 196 valence electrons. The zero-order chi connectivity index (χ0) is 25.0. The van der Waals surface area contributed by atoms with E-state index in [-0.39, 0.29) is 12.0 Å². The van der Waals surface area contributed by atoms with Crippen molar-refractivity contribution in [2.75, 3.05) is 19.6 Å². The number of aryl methyl sites for hydroxylation is 1. The van der Waals surface area contributed by atoms with E-state index in [1.807, 2.05) is 12.1 Å². The molecule has 1 saturated carbocycles. The van der Waals surface area contributed by atoms with Gasteiger partial charge < -0.3 is 15.1 Å². The number of aliphatic hydroxyl groups excluding tert-OH is 2. The highest BCUT2D eigenvalue weighted by Crippen LogP contribution is 2.48. The summed E-state index contributed by atoms with van der Waals surface area (Å²) in [6.45, 7) is 10.4. The molecule has 1 aromatic carbocycles. The molecule has 0 spiro atoms. The summed E-state index contributed by atoms with van der Waals surface area (Å²) in [7, 11) is 0. The van der Waals surface area contributed by atoms with Crippen LogP contribution in [0.3, 0.4) is 0 Å². The molecule has 5 atom stereocenters. The van der Waals surface area contributed by atoms with Crippen LogP contribution in [0.1, 0.15) is 89.2 Å². The van der Waals surface area contributed by atoms with E-state index in [9.17, 15) is 10.2 Å². The number of hydrogen-bond acceptors (Lipinski definition) is 3. The lowest BCUT2D eigenvalue weighted by Gasteiger charge is -2.22. The van der Waals surface area contributed by atoms with Crippen LogP contribution in [-0.2, 0) is 6.42 Å². The normalized spacial score (nSPS) is 24.9. The van der Waals surface area contributed by atoms with Gasteiger partial charge in [0, 0.05) is 12.3 Å². The zero-order valence-corrected chi connectivity index (χ0v) is 22.7. The standard InChI is InChI=1S/C32H51NO2/c1-4-6-17-33(18-7-5-2)19-10-8-9-13-27-21-28-24-32(35)30(31(28)23-27)16-15-29(34)22-26-14-11-12-25(3)20-26/h11-12,14-16,20-21,28-32,34-35H,4-10,13,17-19,22-24H2,1-3H3/t28-,29+,30+,31-,32+/m0/s1. The van der Waals surface area contributed by atoms with E-state index in [0.717, 1.165) is 18.4 Å². The van der Waals surface area contributed by atoms with Gasteiger partial charge in [-0.05, 0) is 88.9 Å². The fourth-order valence-electron chi connectivity index (χ4n) is 6.16. The van der Waals surface area contributed by atoms with Crippen LogP contribution in [0.5, 0.6) is 0 Å². The van der Waals surface area contributed by atoms with Gasteiger partial charge in [0.15, 0.2) is 0 Å². The summed E-state index contributed by atoms with van der Waals surface area (Å²) in [5.41, 5.74) is 4.00. The first kappa shape index (κ1) is 28.2. The predicted octanol–water partition coefficient (Wildman–Crippen LogP) is 6.86. The van der Waals surface area contributed by atoms with Crippen LogP contribution >= 0.6 is 0 Å². The van der Waals surface area contributed by atoms with Gasteiger partial charge in [0.05, 0.1) is 12.2 Å². The second-order valence-electron chi connectivity index (χ2n) is 11.2. The van der Waals surface area contributed by atoms with E-state index in [0.29, 0.717) is 18.3 Å². The lowest BCUT2D eigenvalue weighted by molar-refractivity contribution is 0.140. The van der Waals surface area contributed by atoms with Crippen LogP contribution in [-0.4, -0.2) is 47.0 Å². The van der Waals surface area contributed by atoms with E-state index in [2.05, 4.69) is 56.0 Å². The summed E-state index contributed by atoms with van der Waals surface area (Å²) < 4.78 is 0. The molecule has 35 heavy (non-hydrogen) atoms. The number of aliphatic hydroxyl groups is 2. The minimum Gasteiger partial charge on any atom is -0.392 e. The molecular formula is C32H51NO2. The molecule has 2 aliphatic rings. The van der Waals surface area contributed by atoms with Crippen LogP contribution in [0.2, 0.25) is 0 Å². The topological polar surface area (TPSA) is 43.7 Å².